The Morgan fingerprint density at radius 2 is 2.12 bits per heavy atom. The number of aromatic amines is 1. The molecule has 2 heterocycles. The first-order valence-corrected chi connectivity index (χ1v) is 5.86. The molecule has 0 bridgehead atoms. The Labute approximate surface area is 106 Å². The van der Waals surface area contributed by atoms with Crippen molar-refractivity contribution in [1.82, 2.24) is 15.0 Å². The highest BCUT2D eigenvalue weighted by atomic mass is 127. The predicted octanol–water partition coefficient (Wildman–Crippen LogP) is 2.05. The van der Waals surface area contributed by atoms with Gasteiger partial charge in [0.25, 0.3) is 5.56 Å². The smallest absolute Gasteiger partial charge is 0.264 e. The van der Waals surface area contributed by atoms with Crippen molar-refractivity contribution in [2.75, 3.05) is 0 Å². The van der Waals surface area contributed by atoms with Crippen molar-refractivity contribution in [3.8, 4) is 11.5 Å². The van der Waals surface area contributed by atoms with Gasteiger partial charge >= 0.3 is 0 Å². The molecule has 0 fully saturated rings. The van der Waals surface area contributed by atoms with Crippen LogP contribution in [0.3, 0.4) is 0 Å². The van der Waals surface area contributed by atoms with Gasteiger partial charge in [0.2, 0.25) is 0 Å². The standard InChI is InChI=1S/C11H10IN3O/c1-6-4-3-5-13-9(6)10-14-7(2)8(12)11(16)15-10/h3-5H,1-2H3,(H,14,15,16). The second-order valence-electron chi connectivity index (χ2n) is 3.48. The van der Waals surface area contributed by atoms with Gasteiger partial charge in [-0.25, -0.2) is 4.98 Å². The molecule has 0 aromatic carbocycles. The highest BCUT2D eigenvalue weighted by molar-refractivity contribution is 14.1. The number of halogens is 1. The van der Waals surface area contributed by atoms with E-state index in [4.69, 9.17) is 0 Å². The Balaban J connectivity index is 2.67. The molecule has 2 aromatic heterocycles. The zero-order chi connectivity index (χ0) is 11.7. The predicted molar refractivity (Wildman–Crippen MR) is 70.3 cm³/mol. The summed E-state index contributed by atoms with van der Waals surface area (Å²) in [4.78, 5) is 22.9. The molecule has 5 heteroatoms. The fourth-order valence-electron chi connectivity index (χ4n) is 1.42. The first kappa shape index (κ1) is 11.3. The summed E-state index contributed by atoms with van der Waals surface area (Å²) in [5.41, 5.74) is 2.32. The van der Waals surface area contributed by atoms with E-state index in [0.29, 0.717) is 9.39 Å². The van der Waals surface area contributed by atoms with Crippen molar-refractivity contribution < 1.29 is 0 Å². The molecule has 0 atom stereocenters. The Kier molecular flexibility index (Phi) is 3.04. The molecule has 4 nitrogen and oxygen atoms in total. The summed E-state index contributed by atoms with van der Waals surface area (Å²) in [6, 6.07) is 3.80. The average Bonchev–Trinajstić information content (AvgIpc) is 2.26. The Hall–Kier alpha value is -1.24. The molecule has 2 rings (SSSR count). The Morgan fingerprint density at radius 1 is 1.38 bits per heavy atom. The van der Waals surface area contributed by atoms with Crippen LogP contribution in [0.2, 0.25) is 0 Å². The SMILES string of the molecule is Cc1cccnc1-c1nc(C)c(I)c(=O)[nH]1. The molecule has 0 radical (unpaired) electrons. The van der Waals surface area contributed by atoms with E-state index in [1.807, 2.05) is 48.6 Å². The lowest BCUT2D eigenvalue weighted by atomic mass is 10.2. The Bertz CT molecular complexity index is 592. The van der Waals surface area contributed by atoms with Crippen LogP contribution in [0.1, 0.15) is 11.3 Å². The summed E-state index contributed by atoms with van der Waals surface area (Å²) in [5, 5.41) is 0. The van der Waals surface area contributed by atoms with Crippen LogP contribution < -0.4 is 5.56 Å². The highest BCUT2D eigenvalue weighted by Crippen LogP contribution is 2.16. The molecule has 1 N–H and O–H groups in total. The van der Waals surface area contributed by atoms with Gasteiger partial charge in [-0.15, -0.1) is 0 Å². The van der Waals surface area contributed by atoms with E-state index in [0.717, 1.165) is 17.0 Å². The minimum absolute atomic E-state index is 0.117. The van der Waals surface area contributed by atoms with Gasteiger partial charge in [-0.3, -0.25) is 9.78 Å². The minimum atomic E-state index is -0.117. The van der Waals surface area contributed by atoms with Crippen molar-refractivity contribution in [1.29, 1.82) is 0 Å². The van der Waals surface area contributed by atoms with E-state index < -0.39 is 0 Å². The largest absolute Gasteiger partial charge is 0.304 e. The molecule has 2 aromatic rings. The lowest BCUT2D eigenvalue weighted by molar-refractivity contribution is 1.03. The monoisotopic (exact) mass is 327 g/mol. The van der Waals surface area contributed by atoms with Gasteiger partial charge in [0.1, 0.15) is 5.69 Å². The maximum Gasteiger partial charge on any atom is 0.264 e. The molecule has 0 saturated carbocycles. The molecule has 16 heavy (non-hydrogen) atoms. The number of hydrogen-bond donors (Lipinski definition) is 1. The zero-order valence-corrected chi connectivity index (χ0v) is 11.1. The number of hydrogen-bond acceptors (Lipinski definition) is 3. The first-order valence-electron chi connectivity index (χ1n) is 4.78. The van der Waals surface area contributed by atoms with Crippen LogP contribution in [-0.2, 0) is 0 Å². The molecule has 0 aliphatic heterocycles. The number of aromatic nitrogens is 3. The lowest BCUT2D eigenvalue weighted by Gasteiger charge is -2.05. The van der Waals surface area contributed by atoms with Crippen LogP contribution in [0.25, 0.3) is 11.5 Å². The molecule has 0 saturated heterocycles. The van der Waals surface area contributed by atoms with Gasteiger partial charge in [-0.1, -0.05) is 6.07 Å². The summed E-state index contributed by atoms with van der Waals surface area (Å²) in [6.07, 6.45) is 1.69. The summed E-state index contributed by atoms with van der Waals surface area (Å²) in [5.74, 6) is 0.529. The van der Waals surface area contributed by atoms with Crippen molar-refractivity contribution in [3.05, 3.63) is 43.5 Å². The van der Waals surface area contributed by atoms with E-state index in [2.05, 4.69) is 15.0 Å². The van der Waals surface area contributed by atoms with E-state index in [1.165, 1.54) is 0 Å². The van der Waals surface area contributed by atoms with Gasteiger partial charge in [-0.2, -0.15) is 0 Å². The Morgan fingerprint density at radius 3 is 2.75 bits per heavy atom. The maximum atomic E-state index is 11.6. The summed E-state index contributed by atoms with van der Waals surface area (Å²) in [7, 11) is 0. The molecule has 0 aliphatic rings. The van der Waals surface area contributed by atoms with Crippen molar-refractivity contribution in [2.45, 2.75) is 13.8 Å². The number of nitrogens with zero attached hydrogens (tertiary/aromatic N) is 2. The molecular weight excluding hydrogens is 317 g/mol. The van der Waals surface area contributed by atoms with Crippen molar-refractivity contribution >= 4 is 22.6 Å². The first-order chi connectivity index (χ1) is 7.59. The molecule has 0 spiro atoms. The lowest BCUT2D eigenvalue weighted by Crippen LogP contribution is -2.15. The van der Waals surface area contributed by atoms with Crippen LogP contribution >= 0.6 is 22.6 Å². The van der Waals surface area contributed by atoms with E-state index in [1.54, 1.807) is 6.20 Å². The van der Waals surface area contributed by atoms with Crippen LogP contribution in [0, 0.1) is 17.4 Å². The highest BCUT2D eigenvalue weighted by Gasteiger charge is 2.09. The molecule has 0 unspecified atom stereocenters. The van der Waals surface area contributed by atoms with E-state index >= 15 is 0 Å². The minimum Gasteiger partial charge on any atom is -0.304 e. The number of rotatable bonds is 1. The maximum absolute atomic E-state index is 11.6. The fraction of sp³-hybridized carbons (Fsp3) is 0.182. The van der Waals surface area contributed by atoms with Gasteiger partial charge in [-0.05, 0) is 48.1 Å². The molecule has 82 valence electrons. The summed E-state index contributed by atoms with van der Waals surface area (Å²) < 4.78 is 0.620. The molecule has 0 aliphatic carbocycles. The number of nitrogens with one attached hydrogen (secondary N) is 1. The summed E-state index contributed by atoms with van der Waals surface area (Å²) in [6.45, 7) is 3.76. The third-order valence-electron chi connectivity index (χ3n) is 2.26. The van der Waals surface area contributed by atoms with Gasteiger partial charge < -0.3 is 4.98 Å². The van der Waals surface area contributed by atoms with Crippen LogP contribution in [0.5, 0.6) is 0 Å². The van der Waals surface area contributed by atoms with Crippen molar-refractivity contribution in [3.63, 3.8) is 0 Å². The van der Waals surface area contributed by atoms with Crippen LogP contribution in [-0.4, -0.2) is 15.0 Å². The van der Waals surface area contributed by atoms with Gasteiger partial charge in [0, 0.05) is 6.20 Å². The second kappa shape index (κ2) is 4.32. The molecular formula is C11H10IN3O. The van der Waals surface area contributed by atoms with Crippen LogP contribution in [0.15, 0.2) is 23.1 Å². The van der Waals surface area contributed by atoms with E-state index in [9.17, 15) is 4.79 Å². The third kappa shape index (κ3) is 1.99. The van der Waals surface area contributed by atoms with E-state index in [-0.39, 0.29) is 5.56 Å². The summed E-state index contributed by atoms with van der Waals surface area (Å²) >= 11 is 1.99. The zero-order valence-electron chi connectivity index (χ0n) is 8.91. The van der Waals surface area contributed by atoms with Crippen LogP contribution in [0.4, 0.5) is 0 Å². The average molecular weight is 327 g/mol. The van der Waals surface area contributed by atoms with Gasteiger partial charge in [0.15, 0.2) is 5.82 Å². The second-order valence-corrected chi connectivity index (χ2v) is 4.56. The normalized spacial score (nSPS) is 10.4. The fourth-order valence-corrected chi connectivity index (χ4v) is 1.67. The third-order valence-corrected chi connectivity index (χ3v) is 3.53. The van der Waals surface area contributed by atoms with Crippen molar-refractivity contribution in [2.24, 2.45) is 0 Å². The topological polar surface area (TPSA) is 58.6 Å². The number of aryl methyl sites for hydroxylation is 2. The van der Waals surface area contributed by atoms with Gasteiger partial charge in [0.05, 0.1) is 9.26 Å². The number of H-pyrrole nitrogens is 1. The quantitative estimate of drug-likeness (QED) is 0.816. The molecule has 0 amide bonds. The number of pyridine rings is 1.